The summed E-state index contributed by atoms with van der Waals surface area (Å²) in [4.78, 5) is 12.3. The summed E-state index contributed by atoms with van der Waals surface area (Å²) in [5, 5.41) is 0. The molecule has 24 heavy (non-hydrogen) atoms. The zero-order chi connectivity index (χ0) is 16.9. The third kappa shape index (κ3) is 3.70. The van der Waals surface area contributed by atoms with Gasteiger partial charge in [0.25, 0.3) is 0 Å². The number of rotatable bonds is 5. The van der Waals surface area contributed by atoms with Crippen LogP contribution in [0.4, 0.5) is 0 Å². The molecule has 4 heteroatoms. The van der Waals surface area contributed by atoms with Gasteiger partial charge in [0.15, 0.2) is 11.5 Å². The predicted molar refractivity (Wildman–Crippen MR) is 91.6 cm³/mol. The fourth-order valence-electron chi connectivity index (χ4n) is 3.15. The maximum absolute atomic E-state index is 12.3. The van der Waals surface area contributed by atoms with Crippen molar-refractivity contribution in [2.24, 2.45) is 0 Å². The molecule has 0 fully saturated rings. The van der Waals surface area contributed by atoms with E-state index >= 15 is 0 Å². The Hall–Kier alpha value is -2.49. The molecule has 4 nitrogen and oxygen atoms in total. The highest BCUT2D eigenvalue weighted by Gasteiger charge is 2.21. The summed E-state index contributed by atoms with van der Waals surface area (Å²) in [7, 11) is 3.17. The largest absolute Gasteiger partial charge is 0.493 e. The SMILES string of the molecule is COc1ccc(CC(=O)OC2CCc3ccccc3C2)cc1OC. The van der Waals surface area contributed by atoms with Gasteiger partial charge in [-0.15, -0.1) is 0 Å². The van der Waals surface area contributed by atoms with Gasteiger partial charge in [0.2, 0.25) is 0 Å². The minimum Gasteiger partial charge on any atom is -0.493 e. The van der Waals surface area contributed by atoms with Gasteiger partial charge in [0.1, 0.15) is 6.10 Å². The van der Waals surface area contributed by atoms with E-state index in [0.29, 0.717) is 11.5 Å². The molecule has 0 saturated carbocycles. The molecule has 126 valence electrons. The summed E-state index contributed by atoms with van der Waals surface area (Å²) in [6.07, 6.45) is 2.85. The Kier molecular flexibility index (Phi) is 5.04. The van der Waals surface area contributed by atoms with E-state index in [4.69, 9.17) is 14.2 Å². The normalized spacial score (nSPS) is 16.2. The lowest BCUT2D eigenvalue weighted by molar-refractivity contribution is -0.148. The zero-order valence-electron chi connectivity index (χ0n) is 14.1. The van der Waals surface area contributed by atoms with Crippen LogP contribution in [0.2, 0.25) is 0 Å². The fourth-order valence-corrected chi connectivity index (χ4v) is 3.15. The van der Waals surface area contributed by atoms with Crippen LogP contribution >= 0.6 is 0 Å². The number of aryl methyl sites for hydroxylation is 1. The lowest BCUT2D eigenvalue weighted by atomic mass is 9.90. The summed E-state index contributed by atoms with van der Waals surface area (Å²) in [5.74, 6) is 1.07. The number of carbonyl (C=O) groups is 1. The van der Waals surface area contributed by atoms with Crippen molar-refractivity contribution in [2.45, 2.75) is 31.8 Å². The van der Waals surface area contributed by atoms with Crippen molar-refractivity contribution >= 4 is 5.97 Å². The number of hydrogen-bond donors (Lipinski definition) is 0. The van der Waals surface area contributed by atoms with E-state index in [9.17, 15) is 4.79 Å². The molecule has 0 aromatic heterocycles. The first-order valence-corrected chi connectivity index (χ1v) is 8.16. The molecule has 0 aliphatic heterocycles. The second kappa shape index (κ2) is 7.39. The summed E-state index contributed by atoms with van der Waals surface area (Å²) in [6, 6.07) is 13.8. The van der Waals surface area contributed by atoms with Crippen molar-refractivity contribution in [1.29, 1.82) is 0 Å². The van der Waals surface area contributed by atoms with Gasteiger partial charge in [-0.05, 0) is 41.7 Å². The first-order chi connectivity index (χ1) is 11.7. The van der Waals surface area contributed by atoms with Crippen LogP contribution in [0.1, 0.15) is 23.1 Å². The molecule has 0 saturated heterocycles. The quantitative estimate of drug-likeness (QED) is 0.791. The number of carbonyl (C=O) groups excluding carboxylic acids is 1. The number of hydrogen-bond acceptors (Lipinski definition) is 4. The van der Waals surface area contributed by atoms with E-state index in [1.165, 1.54) is 11.1 Å². The Morgan fingerprint density at radius 3 is 2.54 bits per heavy atom. The molecule has 1 unspecified atom stereocenters. The zero-order valence-corrected chi connectivity index (χ0v) is 14.1. The summed E-state index contributed by atoms with van der Waals surface area (Å²) >= 11 is 0. The maximum Gasteiger partial charge on any atom is 0.310 e. The molecular weight excluding hydrogens is 304 g/mol. The van der Waals surface area contributed by atoms with Gasteiger partial charge in [-0.2, -0.15) is 0 Å². The number of benzene rings is 2. The lowest BCUT2D eigenvalue weighted by Crippen LogP contribution is -2.26. The second-order valence-corrected chi connectivity index (χ2v) is 5.99. The highest BCUT2D eigenvalue weighted by atomic mass is 16.5. The molecule has 3 rings (SSSR count). The molecule has 0 spiro atoms. The van der Waals surface area contributed by atoms with Crippen molar-refractivity contribution < 1.29 is 19.0 Å². The Bertz CT molecular complexity index is 723. The Labute approximate surface area is 142 Å². The van der Waals surface area contributed by atoms with E-state index < -0.39 is 0 Å². The molecule has 2 aromatic rings. The summed E-state index contributed by atoms with van der Waals surface area (Å²) in [5.41, 5.74) is 3.51. The van der Waals surface area contributed by atoms with Gasteiger partial charge in [-0.1, -0.05) is 30.3 Å². The van der Waals surface area contributed by atoms with Crippen LogP contribution in [0, 0.1) is 0 Å². The topological polar surface area (TPSA) is 44.8 Å². The molecule has 0 heterocycles. The highest BCUT2D eigenvalue weighted by Crippen LogP contribution is 2.28. The van der Waals surface area contributed by atoms with Crippen LogP contribution in [-0.2, 0) is 28.8 Å². The molecule has 0 bridgehead atoms. The molecule has 0 radical (unpaired) electrons. The first-order valence-electron chi connectivity index (χ1n) is 8.16. The third-order valence-electron chi connectivity index (χ3n) is 4.40. The van der Waals surface area contributed by atoms with Gasteiger partial charge in [-0.25, -0.2) is 0 Å². The van der Waals surface area contributed by atoms with Crippen LogP contribution in [-0.4, -0.2) is 26.3 Å². The van der Waals surface area contributed by atoms with Crippen LogP contribution in [0.25, 0.3) is 0 Å². The maximum atomic E-state index is 12.3. The van der Waals surface area contributed by atoms with Gasteiger partial charge in [0.05, 0.1) is 20.6 Å². The highest BCUT2D eigenvalue weighted by molar-refractivity contribution is 5.73. The van der Waals surface area contributed by atoms with Crippen LogP contribution < -0.4 is 9.47 Å². The number of ether oxygens (including phenoxy) is 3. The van der Waals surface area contributed by atoms with E-state index in [-0.39, 0.29) is 18.5 Å². The van der Waals surface area contributed by atoms with E-state index in [1.807, 2.05) is 18.2 Å². The molecule has 0 amide bonds. The molecule has 1 aliphatic rings. The van der Waals surface area contributed by atoms with E-state index in [1.54, 1.807) is 20.3 Å². The molecule has 0 N–H and O–H groups in total. The molecular formula is C20H22O4. The van der Waals surface area contributed by atoms with Crippen molar-refractivity contribution in [3.8, 4) is 11.5 Å². The van der Waals surface area contributed by atoms with Crippen LogP contribution in [0.15, 0.2) is 42.5 Å². The Morgan fingerprint density at radius 1 is 1.04 bits per heavy atom. The van der Waals surface area contributed by atoms with Gasteiger partial charge >= 0.3 is 5.97 Å². The van der Waals surface area contributed by atoms with E-state index in [2.05, 4.69) is 18.2 Å². The molecule has 2 aromatic carbocycles. The van der Waals surface area contributed by atoms with Gasteiger partial charge in [0, 0.05) is 6.42 Å². The Morgan fingerprint density at radius 2 is 1.79 bits per heavy atom. The first kappa shape index (κ1) is 16.4. The standard InChI is InChI=1S/C20H22O4/c1-22-18-10-7-14(11-19(18)23-2)12-20(21)24-17-9-8-15-5-3-4-6-16(15)13-17/h3-7,10-11,17H,8-9,12-13H2,1-2H3. The number of methoxy groups -OCH3 is 2. The molecule has 1 atom stereocenters. The van der Waals surface area contributed by atoms with E-state index in [0.717, 1.165) is 24.8 Å². The van der Waals surface area contributed by atoms with Crippen LogP contribution in [0.3, 0.4) is 0 Å². The van der Waals surface area contributed by atoms with Crippen molar-refractivity contribution in [2.75, 3.05) is 14.2 Å². The monoisotopic (exact) mass is 326 g/mol. The number of esters is 1. The number of fused-ring (bicyclic) bond motifs is 1. The third-order valence-corrected chi connectivity index (χ3v) is 4.40. The van der Waals surface area contributed by atoms with Crippen molar-refractivity contribution in [3.05, 3.63) is 59.2 Å². The van der Waals surface area contributed by atoms with Gasteiger partial charge < -0.3 is 14.2 Å². The average molecular weight is 326 g/mol. The smallest absolute Gasteiger partial charge is 0.310 e. The average Bonchev–Trinajstić information content (AvgIpc) is 2.61. The molecule has 1 aliphatic carbocycles. The van der Waals surface area contributed by atoms with Crippen molar-refractivity contribution in [1.82, 2.24) is 0 Å². The predicted octanol–water partition coefficient (Wildman–Crippen LogP) is 3.35. The minimum atomic E-state index is -0.202. The lowest BCUT2D eigenvalue weighted by Gasteiger charge is -2.24. The van der Waals surface area contributed by atoms with Gasteiger partial charge in [-0.3, -0.25) is 4.79 Å². The fraction of sp³-hybridized carbons (Fsp3) is 0.350. The van der Waals surface area contributed by atoms with Crippen LogP contribution in [0.5, 0.6) is 11.5 Å². The Balaban J connectivity index is 1.60. The summed E-state index contributed by atoms with van der Waals surface area (Å²) < 4.78 is 16.2. The summed E-state index contributed by atoms with van der Waals surface area (Å²) in [6.45, 7) is 0. The second-order valence-electron chi connectivity index (χ2n) is 5.99. The minimum absolute atomic E-state index is 0.0347. The van der Waals surface area contributed by atoms with Crippen molar-refractivity contribution in [3.63, 3.8) is 0 Å².